The number of carbonyl (C=O) groups is 2. The van der Waals surface area contributed by atoms with Crippen molar-refractivity contribution in [2.75, 3.05) is 25.5 Å². The molecule has 2 aliphatic carbocycles. The fourth-order valence-electron chi connectivity index (χ4n) is 5.12. The molecule has 6 nitrogen and oxygen atoms in total. The van der Waals surface area contributed by atoms with Crippen LogP contribution in [0.5, 0.6) is 0 Å². The van der Waals surface area contributed by atoms with Gasteiger partial charge in [-0.2, -0.15) is 5.26 Å². The van der Waals surface area contributed by atoms with Gasteiger partial charge in [0.25, 0.3) is 0 Å². The first-order chi connectivity index (χ1) is 16.0. The van der Waals surface area contributed by atoms with Crippen molar-refractivity contribution in [2.24, 2.45) is 11.3 Å². The summed E-state index contributed by atoms with van der Waals surface area (Å²) in [5, 5.41) is 24.1. The fourth-order valence-corrected chi connectivity index (χ4v) is 5.12. The maximum absolute atomic E-state index is 13.1. The molecule has 1 heterocycles. The molecule has 164 valence electrons. The lowest BCUT2D eigenvalue weighted by atomic mass is 9.61. The number of nitriles is 1. The molecule has 1 saturated heterocycles. The standard InChI is InChI=1S/C27H23N3O3/c1-30-16-27-14-23(29-20-8-6-17(7-9-20)10-11-31)24(32)13-19(27)12-18-4-2-3-5-21(18)25(27)22(15-28)26(30)33/h2-9,12-14,22,29,31H,10-11,16H2,1H3. The Morgan fingerprint density at radius 2 is 1.91 bits per heavy atom. The molecule has 0 aromatic heterocycles. The number of nitrogens with one attached hydrogen (secondary N) is 1. The van der Waals surface area contributed by atoms with Crippen LogP contribution in [0.3, 0.4) is 0 Å². The summed E-state index contributed by atoms with van der Waals surface area (Å²) in [5.41, 5.74) is 2.95. The van der Waals surface area contributed by atoms with Gasteiger partial charge in [0.1, 0.15) is 5.92 Å². The Hall–Kier alpha value is -3.95. The number of ketones is 1. The van der Waals surface area contributed by atoms with Crippen LogP contribution in [-0.4, -0.2) is 41.9 Å². The van der Waals surface area contributed by atoms with Crippen LogP contribution in [0.15, 0.2) is 72.0 Å². The minimum absolute atomic E-state index is 0.0788. The number of carbonyl (C=O) groups excluding carboxylic acids is 2. The van der Waals surface area contributed by atoms with Crippen LogP contribution >= 0.6 is 0 Å². The number of piperidine rings is 1. The zero-order chi connectivity index (χ0) is 23.2. The monoisotopic (exact) mass is 437 g/mol. The fraction of sp³-hybridized carbons (Fsp3) is 0.222. The van der Waals surface area contributed by atoms with E-state index in [1.54, 1.807) is 18.0 Å². The Morgan fingerprint density at radius 1 is 1.15 bits per heavy atom. The van der Waals surface area contributed by atoms with Crippen molar-refractivity contribution >= 4 is 29.0 Å². The van der Waals surface area contributed by atoms with Gasteiger partial charge in [-0.05, 0) is 63.9 Å². The molecule has 2 atom stereocenters. The summed E-state index contributed by atoms with van der Waals surface area (Å²) in [7, 11) is 1.70. The number of fused-ring (bicyclic) bond motifs is 1. The van der Waals surface area contributed by atoms with E-state index in [9.17, 15) is 14.9 Å². The van der Waals surface area contributed by atoms with Gasteiger partial charge < -0.3 is 15.3 Å². The minimum atomic E-state index is -0.925. The zero-order valence-corrected chi connectivity index (χ0v) is 18.2. The smallest absolute Gasteiger partial charge is 0.243 e. The first-order valence-corrected chi connectivity index (χ1v) is 10.9. The minimum Gasteiger partial charge on any atom is -0.396 e. The second kappa shape index (κ2) is 7.88. The van der Waals surface area contributed by atoms with E-state index in [1.165, 1.54) is 0 Å². The molecule has 6 heteroatoms. The number of nitrogens with zero attached hydrogens (tertiary/aromatic N) is 2. The summed E-state index contributed by atoms with van der Waals surface area (Å²) in [5.74, 6) is -1.31. The Balaban J connectivity index is 1.67. The van der Waals surface area contributed by atoms with Crippen molar-refractivity contribution in [3.63, 3.8) is 0 Å². The van der Waals surface area contributed by atoms with E-state index in [-0.39, 0.29) is 18.3 Å². The highest BCUT2D eigenvalue weighted by molar-refractivity contribution is 6.11. The van der Waals surface area contributed by atoms with Crippen molar-refractivity contribution in [2.45, 2.75) is 6.42 Å². The second-order valence-electron chi connectivity index (χ2n) is 8.69. The van der Waals surface area contributed by atoms with E-state index in [1.807, 2.05) is 60.7 Å². The van der Waals surface area contributed by atoms with Gasteiger partial charge in [-0.1, -0.05) is 36.4 Å². The molecule has 0 saturated carbocycles. The lowest BCUT2D eigenvalue weighted by Gasteiger charge is -2.47. The van der Waals surface area contributed by atoms with E-state index >= 15 is 0 Å². The van der Waals surface area contributed by atoms with Crippen molar-refractivity contribution in [3.8, 4) is 6.07 Å². The molecule has 33 heavy (non-hydrogen) atoms. The molecule has 5 rings (SSSR count). The van der Waals surface area contributed by atoms with Crippen LogP contribution in [0, 0.1) is 22.7 Å². The lowest BCUT2D eigenvalue weighted by molar-refractivity contribution is -0.133. The number of benzene rings is 2. The quantitative estimate of drug-likeness (QED) is 0.752. The van der Waals surface area contributed by atoms with Crippen LogP contribution in [0.25, 0.3) is 11.6 Å². The van der Waals surface area contributed by atoms with Crippen LogP contribution in [0.1, 0.15) is 5.56 Å². The van der Waals surface area contributed by atoms with Crippen LogP contribution < -0.4 is 15.8 Å². The molecule has 2 N–H and O–H groups in total. The van der Waals surface area contributed by atoms with Crippen molar-refractivity contribution < 1.29 is 14.7 Å². The average Bonchev–Trinajstić information content (AvgIpc) is 2.81. The number of aliphatic hydroxyl groups excluding tert-OH is 1. The first kappa shape index (κ1) is 20.9. The summed E-state index contributed by atoms with van der Waals surface area (Å²) >= 11 is 0. The Labute approximate surface area is 191 Å². The van der Waals surface area contributed by atoms with Crippen molar-refractivity contribution in [1.29, 1.82) is 5.26 Å². The van der Waals surface area contributed by atoms with Gasteiger partial charge in [0.15, 0.2) is 0 Å². The van der Waals surface area contributed by atoms with Crippen molar-refractivity contribution in [3.05, 3.63) is 88.0 Å². The van der Waals surface area contributed by atoms with E-state index < -0.39 is 11.3 Å². The molecule has 2 aromatic carbocycles. The third kappa shape index (κ3) is 3.29. The molecule has 3 aliphatic rings. The third-order valence-corrected chi connectivity index (χ3v) is 6.66. The topological polar surface area (TPSA) is 93.4 Å². The Bertz CT molecular complexity index is 1400. The number of anilines is 1. The highest BCUT2D eigenvalue weighted by Crippen LogP contribution is 2.49. The summed E-state index contributed by atoms with van der Waals surface area (Å²) in [6.07, 6.45) is 6.07. The molecule has 1 aliphatic heterocycles. The maximum Gasteiger partial charge on any atom is 0.243 e. The number of hydrogen-bond donors (Lipinski definition) is 2. The predicted octanol–water partition coefficient (Wildman–Crippen LogP) is 1.27. The lowest BCUT2D eigenvalue weighted by Crippen LogP contribution is -2.55. The molecular weight excluding hydrogens is 414 g/mol. The summed E-state index contributed by atoms with van der Waals surface area (Å²) in [4.78, 5) is 27.6. The number of rotatable bonds is 4. The van der Waals surface area contributed by atoms with Crippen molar-refractivity contribution in [1.82, 2.24) is 4.90 Å². The van der Waals surface area contributed by atoms with Gasteiger partial charge in [-0.3, -0.25) is 9.59 Å². The summed E-state index contributed by atoms with van der Waals surface area (Å²) in [6.45, 7) is 0.430. The molecule has 1 amide bonds. The first-order valence-electron chi connectivity index (χ1n) is 10.9. The van der Waals surface area contributed by atoms with E-state index in [2.05, 4.69) is 11.4 Å². The molecule has 2 unspecified atom stereocenters. The van der Waals surface area contributed by atoms with Crippen LogP contribution in [0.2, 0.25) is 0 Å². The van der Waals surface area contributed by atoms with Gasteiger partial charge in [0, 0.05) is 25.9 Å². The van der Waals surface area contributed by atoms with Gasteiger partial charge in [0.05, 0.1) is 17.2 Å². The van der Waals surface area contributed by atoms with Gasteiger partial charge in [0.2, 0.25) is 11.7 Å². The third-order valence-electron chi connectivity index (χ3n) is 6.66. The largest absolute Gasteiger partial charge is 0.396 e. The number of hydrogen-bond acceptors (Lipinski definition) is 5. The maximum atomic E-state index is 13.1. The molecule has 2 aromatic rings. The summed E-state index contributed by atoms with van der Waals surface area (Å²) < 4.78 is 0. The van der Waals surface area contributed by atoms with E-state index in [0.717, 1.165) is 32.8 Å². The van der Waals surface area contributed by atoms with Crippen LogP contribution in [0.4, 0.5) is 5.69 Å². The Kier molecular flexibility index (Phi) is 4.99. The van der Waals surface area contributed by atoms with E-state index in [4.69, 9.17) is 5.11 Å². The number of likely N-dealkylation sites (tertiary alicyclic amines) is 1. The summed E-state index contributed by atoms with van der Waals surface area (Å²) in [6, 6.07) is 17.5. The second-order valence-corrected chi connectivity index (χ2v) is 8.69. The number of amides is 1. The van der Waals surface area contributed by atoms with E-state index in [0.29, 0.717) is 18.7 Å². The molecule has 0 radical (unpaired) electrons. The predicted molar refractivity (Wildman–Crippen MR) is 125 cm³/mol. The highest BCUT2D eigenvalue weighted by atomic mass is 16.3. The molecule has 0 bridgehead atoms. The SMILES string of the molecule is CN1CC23C=C(Nc4ccc(CCO)cc4)C(=O)C=C2C=c2ccccc2=C3C(C#N)C1=O. The zero-order valence-electron chi connectivity index (χ0n) is 18.2. The number of allylic oxidation sites excluding steroid dienone is 1. The molecular formula is C27H23N3O3. The molecule has 1 spiro atoms. The Morgan fingerprint density at radius 3 is 2.64 bits per heavy atom. The number of aliphatic hydroxyl groups is 1. The van der Waals surface area contributed by atoms with Gasteiger partial charge in [-0.15, -0.1) is 0 Å². The average molecular weight is 437 g/mol. The molecule has 1 fully saturated rings. The normalized spacial score (nSPS) is 23.4. The van der Waals surface area contributed by atoms with Gasteiger partial charge in [-0.25, -0.2) is 0 Å². The highest BCUT2D eigenvalue weighted by Gasteiger charge is 2.51. The van der Waals surface area contributed by atoms with Gasteiger partial charge >= 0.3 is 0 Å². The van der Waals surface area contributed by atoms with Crippen LogP contribution in [-0.2, 0) is 16.0 Å².